The minimum atomic E-state index is -0.239. The zero-order valence-corrected chi connectivity index (χ0v) is 13.2. The van der Waals surface area contributed by atoms with E-state index in [0.29, 0.717) is 4.84 Å². The molecule has 0 aromatic carbocycles. The van der Waals surface area contributed by atoms with Crippen LogP contribution in [0.3, 0.4) is 0 Å². The molecule has 0 saturated carbocycles. The first-order chi connectivity index (χ1) is 5.83. The maximum Gasteiger partial charge on any atom is 0.164 e. The first-order valence-corrected chi connectivity index (χ1v) is 5.13. The van der Waals surface area contributed by atoms with Crippen molar-refractivity contribution in [2.75, 3.05) is 0 Å². The molecule has 77 valence electrons. The second kappa shape index (κ2) is 4.85. The average Bonchev–Trinajstić information content (AvgIpc) is 2.22. The molecule has 0 unspecified atom stereocenters. The van der Waals surface area contributed by atoms with Gasteiger partial charge in [-0.25, -0.2) is 0 Å². The van der Waals surface area contributed by atoms with E-state index in [-0.39, 0.29) is 31.6 Å². The SMILES string of the molecule is CC1=C(C)C(C)([C](Cl)Cl)C(C)=C1C.[Zr]. The molecule has 3 heteroatoms. The molecule has 1 rings (SSSR count). The van der Waals surface area contributed by atoms with E-state index < -0.39 is 0 Å². The van der Waals surface area contributed by atoms with Gasteiger partial charge in [0.2, 0.25) is 0 Å². The van der Waals surface area contributed by atoms with Crippen LogP contribution in [0.15, 0.2) is 22.3 Å². The molecule has 1 aliphatic rings. The van der Waals surface area contributed by atoms with E-state index in [9.17, 15) is 0 Å². The Morgan fingerprint density at radius 1 is 0.929 bits per heavy atom. The normalized spacial score (nSPS) is 20.6. The zero-order chi connectivity index (χ0) is 10.4. The smallest absolute Gasteiger partial charge is 0.0969 e. The summed E-state index contributed by atoms with van der Waals surface area (Å²) in [5, 5.41) is 0. The van der Waals surface area contributed by atoms with Crippen LogP contribution in [0, 0.1) is 10.3 Å². The largest absolute Gasteiger partial charge is 0.164 e. The van der Waals surface area contributed by atoms with Gasteiger partial charge in [-0.05, 0) is 45.8 Å². The Kier molecular flexibility index (Phi) is 5.18. The van der Waals surface area contributed by atoms with Crippen LogP contribution < -0.4 is 0 Å². The van der Waals surface area contributed by atoms with E-state index in [4.69, 9.17) is 23.2 Å². The van der Waals surface area contributed by atoms with Gasteiger partial charge in [-0.2, -0.15) is 0 Å². The minimum Gasteiger partial charge on any atom is -0.0969 e. The number of hydrogen-bond acceptors (Lipinski definition) is 0. The number of hydrogen-bond donors (Lipinski definition) is 0. The van der Waals surface area contributed by atoms with Gasteiger partial charge in [-0.15, -0.1) is 0 Å². The third-order valence-electron chi connectivity index (χ3n) is 3.57. The van der Waals surface area contributed by atoms with Crippen molar-refractivity contribution in [1.29, 1.82) is 0 Å². The molecule has 0 fully saturated rings. The van der Waals surface area contributed by atoms with Crippen LogP contribution in [0.2, 0.25) is 0 Å². The second-order valence-corrected chi connectivity index (χ2v) is 4.83. The molecule has 0 aromatic rings. The van der Waals surface area contributed by atoms with Crippen molar-refractivity contribution >= 4 is 23.2 Å². The molecule has 0 amide bonds. The first-order valence-electron chi connectivity index (χ1n) is 4.38. The van der Waals surface area contributed by atoms with Crippen molar-refractivity contribution in [3.63, 3.8) is 0 Å². The van der Waals surface area contributed by atoms with Crippen LogP contribution in [0.1, 0.15) is 34.6 Å². The third-order valence-corrected chi connectivity index (χ3v) is 4.32. The molecule has 1 aliphatic carbocycles. The Hall–Kier alpha value is 0.943. The maximum atomic E-state index is 5.96. The van der Waals surface area contributed by atoms with Crippen LogP contribution in [0.5, 0.6) is 0 Å². The van der Waals surface area contributed by atoms with Crippen LogP contribution in [0.25, 0.3) is 0 Å². The number of allylic oxidation sites excluding steroid dienone is 4. The molecule has 0 aliphatic heterocycles. The van der Waals surface area contributed by atoms with E-state index >= 15 is 0 Å². The fourth-order valence-electron chi connectivity index (χ4n) is 1.88. The van der Waals surface area contributed by atoms with Crippen LogP contribution in [0.4, 0.5) is 0 Å². The van der Waals surface area contributed by atoms with Gasteiger partial charge < -0.3 is 0 Å². The Morgan fingerprint density at radius 2 is 1.21 bits per heavy atom. The van der Waals surface area contributed by atoms with Crippen LogP contribution in [-0.2, 0) is 26.2 Å². The van der Waals surface area contributed by atoms with Crippen molar-refractivity contribution in [3.8, 4) is 0 Å². The van der Waals surface area contributed by atoms with Gasteiger partial charge in [0.1, 0.15) is 0 Å². The summed E-state index contributed by atoms with van der Waals surface area (Å²) in [5.41, 5.74) is 4.93. The molecule has 0 heterocycles. The molecule has 0 N–H and O–H groups in total. The van der Waals surface area contributed by atoms with Crippen molar-refractivity contribution in [2.45, 2.75) is 34.6 Å². The molecule has 0 aromatic heterocycles. The summed E-state index contributed by atoms with van der Waals surface area (Å²) >= 11 is 11.9. The van der Waals surface area contributed by atoms with E-state index in [1.807, 2.05) is 0 Å². The average molecular weight is 309 g/mol. The fourth-order valence-corrected chi connectivity index (χ4v) is 2.44. The molecular formula is C11H15Cl2Zr. The molecule has 0 saturated heterocycles. The van der Waals surface area contributed by atoms with Gasteiger partial charge in [-0.1, -0.05) is 34.3 Å². The van der Waals surface area contributed by atoms with E-state index in [2.05, 4.69) is 34.6 Å². The zero-order valence-electron chi connectivity index (χ0n) is 9.26. The van der Waals surface area contributed by atoms with Crippen LogP contribution >= 0.6 is 23.2 Å². The van der Waals surface area contributed by atoms with Gasteiger partial charge >= 0.3 is 0 Å². The molecule has 0 spiro atoms. The standard InChI is InChI=1S/C11H15Cl2.Zr/c1-6-7(2)9(4)11(5,8(6)3)10(12)13;/h1-5H3;. The Bertz CT molecular complexity index is 276. The second-order valence-electron chi connectivity index (χ2n) is 3.89. The van der Waals surface area contributed by atoms with E-state index in [0.717, 1.165) is 0 Å². The van der Waals surface area contributed by atoms with Gasteiger partial charge in [0.05, 0.1) is 0 Å². The molecule has 0 atom stereocenters. The Labute approximate surface area is 116 Å². The molecule has 0 nitrogen and oxygen atoms in total. The van der Waals surface area contributed by atoms with Crippen LogP contribution in [-0.4, -0.2) is 0 Å². The number of rotatable bonds is 1. The van der Waals surface area contributed by atoms with Gasteiger partial charge in [0.15, 0.2) is 4.84 Å². The summed E-state index contributed by atoms with van der Waals surface area (Å²) in [6, 6.07) is 0. The third kappa shape index (κ3) is 1.93. The van der Waals surface area contributed by atoms with Crippen molar-refractivity contribution in [3.05, 3.63) is 27.1 Å². The molecule has 14 heavy (non-hydrogen) atoms. The van der Waals surface area contributed by atoms with Gasteiger partial charge in [0, 0.05) is 31.6 Å². The Balaban J connectivity index is 0.00000169. The minimum absolute atomic E-state index is 0. The summed E-state index contributed by atoms with van der Waals surface area (Å²) < 4.78 is 0. The monoisotopic (exact) mass is 307 g/mol. The van der Waals surface area contributed by atoms with Crippen molar-refractivity contribution in [2.24, 2.45) is 5.41 Å². The summed E-state index contributed by atoms with van der Waals surface area (Å²) in [4.78, 5) is 0.443. The Morgan fingerprint density at radius 3 is 1.36 bits per heavy atom. The molecule has 0 bridgehead atoms. The summed E-state index contributed by atoms with van der Waals surface area (Å²) in [6.07, 6.45) is 0. The van der Waals surface area contributed by atoms with Gasteiger partial charge in [-0.3, -0.25) is 0 Å². The molecule has 1 radical (unpaired) electrons. The first kappa shape index (κ1) is 14.9. The molecular weight excluding hydrogens is 294 g/mol. The summed E-state index contributed by atoms with van der Waals surface area (Å²) in [5.74, 6) is 0. The number of halogens is 2. The van der Waals surface area contributed by atoms with Crippen molar-refractivity contribution < 1.29 is 26.2 Å². The quantitative estimate of drug-likeness (QED) is 0.662. The maximum absolute atomic E-state index is 5.96. The summed E-state index contributed by atoms with van der Waals surface area (Å²) in [6.45, 7) is 10.5. The predicted octanol–water partition coefficient (Wildman–Crippen LogP) is 4.64. The van der Waals surface area contributed by atoms with E-state index in [1.165, 1.54) is 22.3 Å². The predicted molar refractivity (Wildman–Crippen MR) is 59.8 cm³/mol. The topological polar surface area (TPSA) is 0 Å². The van der Waals surface area contributed by atoms with E-state index in [1.54, 1.807) is 0 Å². The summed E-state index contributed by atoms with van der Waals surface area (Å²) in [7, 11) is 0. The van der Waals surface area contributed by atoms with Gasteiger partial charge in [0.25, 0.3) is 0 Å². The fraction of sp³-hybridized carbons (Fsp3) is 0.545. The van der Waals surface area contributed by atoms with Crippen molar-refractivity contribution in [1.82, 2.24) is 0 Å².